The quantitative estimate of drug-likeness (QED) is 0.462. The third kappa shape index (κ3) is 4.59. The van der Waals surface area contributed by atoms with E-state index in [0.717, 1.165) is 27.2 Å². The third-order valence-electron chi connectivity index (χ3n) is 3.92. The van der Waals surface area contributed by atoms with Crippen molar-refractivity contribution in [3.05, 3.63) is 91.1 Å². The summed E-state index contributed by atoms with van der Waals surface area (Å²) in [6.45, 7) is 16.6. The Hall–Kier alpha value is -1.83. The molecule has 0 aliphatic carbocycles. The summed E-state index contributed by atoms with van der Waals surface area (Å²) in [6, 6.07) is 12.9. The molecule has 2 rings (SSSR count). The molecule has 0 saturated carbocycles. The second kappa shape index (κ2) is 7.83. The van der Waals surface area contributed by atoms with Gasteiger partial charge in [0.2, 0.25) is 0 Å². The first-order valence-electron chi connectivity index (χ1n) is 7.94. The van der Waals surface area contributed by atoms with Crippen molar-refractivity contribution in [1.29, 1.82) is 0 Å². The number of benzene rings is 2. The number of halogens is 1. The van der Waals surface area contributed by atoms with Crippen LogP contribution in [0.15, 0.2) is 60.4 Å². The zero-order chi connectivity index (χ0) is 17.9. The summed E-state index contributed by atoms with van der Waals surface area (Å²) in [5.74, 6) is 0. The van der Waals surface area contributed by atoms with Crippen molar-refractivity contribution < 1.29 is 0 Å². The van der Waals surface area contributed by atoms with Crippen LogP contribution in [0.2, 0.25) is 0 Å². The smallest absolute Gasteiger partial charge is 0.0139 e. The molecule has 2 aromatic rings. The summed E-state index contributed by atoms with van der Waals surface area (Å²) < 4.78 is 1.24. The van der Waals surface area contributed by atoms with E-state index in [-0.39, 0.29) is 0 Å². The van der Waals surface area contributed by atoms with Crippen molar-refractivity contribution in [2.75, 3.05) is 0 Å². The molecule has 122 valence electrons. The maximum absolute atomic E-state index is 4.16. The molecule has 0 aromatic heterocycles. The fourth-order valence-corrected chi connectivity index (χ4v) is 3.42. The number of aryl methyl sites for hydroxylation is 2. The number of hydrogen-bond donors (Lipinski definition) is 0. The molecule has 0 spiro atoms. The van der Waals surface area contributed by atoms with Gasteiger partial charge in [0.15, 0.2) is 0 Å². The van der Waals surface area contributed by atoms with Gasteiger partial charge in [-0.1, -0.05) is 43.0 Å². The Morgan fingerprint density at radius 1 is 1.04 bits per heavy atom. The summed E-state index contributed by atoms with van der Waals surface area (Å²) >= 11 is 2.36. The minimum Gasteiger partial charge on any atom is -0.116 e. The third-order valence-corrected chi connectivity index (χ3v) is 4.55. The van der Waals surface area contributed by atoms with Crippen LogP contribution in [0.25, 0.3) is 17.7 Å². The van der Waals surface area contributed by atoms with E-state index in [0.29, 0.717) is 0 Å². The number of hydrogen-bond acceptors (Lipinski definition) is 0. The Kier molecular flexibility index (Phi) is 6.04. The Morgan fingerprint density at radius 3 is 2.38 bits per heavy atom. The SMILES string of the molecule is C=C(C)/C(C=C=C(C)c1cc(C)cc(I)c1)=c1\cc(C)ccc1=C. The van der Waals surface area contributed by atoms with Crippen LogP contribution in [0.5, 0.6) is 0 Å². The molecular weight excluding hydrogens is 403 g/mol. The zero-order valence-electron chi connectivity index (χ0n) is 14.8. The molecule has 0 fully saturated rings. The number of rotatable bonds is 3. The average Bonchev–Trinajstić information content (AvgIpc) is 2.49. The van der Waals surface area contributed by atoms with Crippen LogP contribution < -0.4 is 10.4 Å². The van der Waals surface area contributed by atoms with Crippen LogP contribution in [0, 0.1) is 17.4 Å². The van der Waals surface area contributed by atoms with Crippen molar-refractivity contribution >= 4 is 40.3 Å². The number of allylic oxidation sites excluding steroid dienone is 2. The Labute approximate surface area is 158 Å². The van der Waals surface area contributed by atoms with Crippen LogP contribution in [0.3, 0.4) is 0 Å². The average molecular weight is 426 g/mol. The monoisotopic (exact) mass is 426 g/mol. The Bertz CT molecular complexity index is 947. The van der Waals surface area contributed by atoms with Gasteiger partial charge in [-0.25, -0.2) is 0 Å². The van der Waals surface area contributed by atoms with Gasteiger partial charge in [-0.2, -0.15) is 0 Å². The van der Waals surface area contributed by atoms with Crippen molar-refractivity contribution in [3.8, 4) is 0 Å². The second-order valence-corrected chi connectivity index (χ2v) is 7.53. The first kappa shape index (κ1) is 18.5. The van der Waals surface area contributed by atoms with E-state index in [1.165, 1.54) is 20.3 Å². The zero-order valence-corrected chi connectivity index (χ0v) is 17.0. The summed E-state index contributed by atoms with van der Waals surface area (Å²) in [4.78, 5) is 0. The maximum atomic E-state index is 4.16. The molecule has 0 radical (unpaired) electrons. The molecule has 2 aromatic carbocycles. The van der Waals surface area contributed by atoms with E-state index in [1.807, 2.05) is 13.0 Å². The molecule has 1 heteroatoms. The van der Waals surface area contributed by atoms with Gasteiger partial charge in [0.05, 0.1) is 0 Å². The van der Waals surface area contributed by atoms with Gasteiger partial charge < -0.3 is 0 Å². The van der Waals surface area contributed by atoms with Gasteiger partial charge in [-0.3, -0.25) is 0 Å². The van der Waals surface area contributed by atoms with Gasteiger partial charge in [0, 0.05) is 3.57 Å². The largest absolute Gasteiger partial charge is 0.116 e. The van der Waals surface area contributed by atoms with E-state index in [4.69, 9.17) is 0 Å². The summed E-state index contributed by atoms with van der Waals surface area (Å²) in [6.07, 6.45) is 2.04. The summed E-state index contributed by atoms with van der Waals surface area (Å²) in [5, 5.41) is 2.14. The minimum atomic E-state index is 1.01. The molecule has 24 heavy (non-hydrogen) atoms. The molecule has 0 aliphatic heterocycles. The molecule has 0 amide bonds. The molecule has 0 saturated heterocycles. The van der Waals surface area contributed by atoms with Crippen LogP contribution in [-0.4, -0.2) is 0 Å². The predicted octanol–water partition coefficient (Wildman–Crippen LogP) is 5.30. The van der Waals surface area contributed by atoms with Gasteiger partial charge >= 0.3 is 0 Å². The lowest BCUT2D eigenvalue weighted by atomic mass is 10.0. The van der Waals surface area contributed by atoms with Gasteiger partial charge in [0.1, 0.15) is 0 Å². The van der Waals surface area contributed by atoms with Gasteiger partial charge in [-0.05, 0) is 107 Å². The molecule has 0 aliphatic rings. The van der Waals surface area contributed by atoms with Crippen molar-refractivity contribution in [3.63, 3.8) is 0 Å². The van der Waals surface area contributed by atoms with E-state index < -0.39 is 0 Å². The second-order valence-electron chi connectivity index (χ2n) is 6.29. The highest BCUT2D eigenvalue weighted by Gasteiger charge is 2.00. The Morgan fingerprint density at radius 2 is 1.75 bits per heavy atom. The highest BCUT2D eigenvalue weighted by atomic mass is 127. The topological polar surface area (TPSA) is 0 Å². The summed E-state index contributed by atoms with van der Waals surface area (Å²) in [5.41, 5.74) is 10.4. The Balaban J connectivity index is 2.67. The van der Waals surface area contributed by atoms with Crippen LogP contribution in [0.4, 0.5) is 0 Å². The van der Waals surface area contributed by atoms with Crippen LogP contribution in [0.1, 0.15) is 30.5 Å². The summed E-state index contributed by atoms with van der Waals surface area (Å²) in [7, 11) is 0. The molecule has 0 nitrogen and oxygen atoms in total. The fraction of sp³-hybridized carbons (Fsp3) is 0.174. The standard InChI is InChI=1S/C23H23I/c1-15(2)22(23-13-16(3)7-8-19(23)6)10-9-18(5)20-11-17(4)12-21(24)14-20/h7-8,10-14H,1,6H2,2-5H3/b23-22+. The van der Waals surface area contributed by atoms with E-state index >= 15 is 0 Å². The highest BCUT2D eigenvalue weighted by Crippen LogP contribution is 2.19. The molecule has 0 unspecified atom stereocenters. The minimum absolute atomic E-state index is 1.01. The first-order chi connectivity index (χ1) is 11.3. The van der Waals surface area contributed by atoms with E-state index in [2.05, 4.69) is 98.6 Å². The lowest BCUT2D eigenvalue weighted by molar-refractivity contribution is 1.38. The molecule has 0 heterocycles. The lowest BCUT2D eigenvalue weighted by Crippen LogP contribution is -2.25. The van der Waals surface area contributed by atoms with Gasteiger partial charge in [-0.15, -0.1) is 5.73 Å². The maximum Gasteiger partial charge on any atom is 0.0139 e. The van der Waals surface area contributed by atoms with Gasteiger partial charge in [0.25, 0.3) is 0 Å². The van der Waals surface area contributed by atoms with E-state index in [1.54, 1.807) is 0 Å². The van der Waals surface area contributed by atoms with Crippen molar-refractivity contribution in [2.24, 2.45) is 0 Å². The molecule has 0 bridgehead atoms. The normalized spacial score (nSPS) is 11.5. The van der Waals surface area contributed by atoms with Crippen LogP contribution >= 0.6 is 22.6 Å². The molecular formula is C23H23I. The lowest BCUT2D eigenvalue weighted by Gasteiger charge is -2.04. The fourth-order valence-electron chi connectivity index (χ4n) is 2.59. The highest BCUT2D eigenvalue weighted by molar-refractivity contribution is 14.1. The van der Waals surface area contributed by atoms with E-state index in [9.17, 15) is 0 Å². The van der Waals surface area contributed by atoms with Crippen molar-refractivity contribution in [2.45, 2.75) is 27.7 Å². The molecule has 0 N–H and O–H groups in total. The van der Waals surface area contributed by atoms with Crippen LogP contribution in [-0.2, 0) is 0 Å². The first-order valence-corrected chi connectivity index (χ1v) is 9.02. The van der Waals surface area contributed by atoms with Crippen molar-refractivity contribution in [1.82, 2.24) is 0 Å². The predicted molar refractivity (Wildman–Crippen MR) is 115 cm³/mol. The molecule has 0 atom stereocenters.